The molecule has 6 heteroatoms. The zero-order chi connectivity index (χ0) is 18.3. The average molecular weight is 358 g/mol. The Morgan fingerprint density at radius 3 is 2.64 bits per heavy atom. The van der Waals surface area contributed by atoms with Crippen molar-refractivity contribution in [3.8, 4) is 6.07 Å². The Bertz CT molecular complexity index is 870. The topological polar surface area (TPSA) is 90.2 Å². The summed E-state index contributed by atoms with van der Waals surface area (Å²) in [6.45, 7) is 3.43. The van der Waals surface area contributed by atoms with Gasteiger partial charge in [-0.1, -0.05) is 29.8 Å². The second-order valence-corrected chi connectivity index (χ2v) is 7.39. The third kappa shape index (κ3) is 5.98. The third-order valence-corrected chi connectivity index (χ3v) is 4.89. The van der Waals surface area contributed by atoms with Gasteiger partial charge in [0.2, 0.25) is 0 Å². The van der Waals surface area contributed by atoms with Crippen LogP contribution in [0.25, 0.3) is 0 Å². The fourth-order valence-electron chi connectivity index (χ4n) is 2.71. The van der Waals surface area contributed by atoms with Crippen molar-refractivity contribution >= 4 is 10.1 Å². The van der Waals surface area contributed by atoms with Crippen LogP contribution in [0.3, 0.4) is 0 Å². The Morgan fingerprint density at radius 1 is 1.12 bits per heavy atom. The van der Waals surface area contributed by atoms with Crippen molar-refractivity contribution < 1.29 is 13.0 Å². The number of aryl methyl sites for hydroxylation is 2. The average Bonchev–Trinajstić information content (AvgIpc) is 2.57. The molecule has 0 atom stereocenters. The molecule has 0 amide bonds. The molecule has 5 nitrogen and oxygen atoms in total. The number of nitriles is 1. The lowest BCUT2D eigenvalue weighted by molar-refractivity contribution is 0.481. The van der Waals surface area contributed by atoms with Crippen LogP contribution in [0.5, 0.6) is 0 Å². The summed E-state index contributed by atoms with van der Waals surface area (Å²) in [6, 6.07) is 14.6. The van der Waals surface area contributed by atoms with E-state index in [0.29, 0.717) is 17.5 Å². The molecule has 0 aliphatic heterocycles. The molecule has 0 unspecified atom stereocenters. The summed E-state index contributed by atoms with van der Waals surface area (Å²) in [6.07, 6.45) is 2.17. The number of rotatable bonds is 8. The Balaban J connectivity index is 1.80. The van der Waals surface area contributed by atoms with Crippen LogP contribution in [-0.2, 0) is 23.0 Å². The predicted molar refractivity (Wildman–Crippen MR) is 97.0 cm³/mol. The maximum atomic E-state index is 11.4. The van der Waals surface area contributed by atoms with E-state index in [4.69, 9.17) is 5.26 Å². The summed E-state index contributed by atoms with van der Waals surface area (Å²) in [5, 5.41) is 12.2. The van der Waals surface area contributed by atoms with Crippen molar-refractivity contribution in [3.05, 3.63) is 64.7 Å². The van der Waals surface area contributed by atoms with Gasteiger partial charge in [-0.15, -0.1) is 0 Å². The van der Waals surface area contributed by atoms with Crippen molar-refractivity contribution in [2.75, 3.05) is 13.1 Å². The molecule has 0 saturated heterocycles. The first-order valence-electron chi connectivity index (χ1n) is 8.17. The summed E-state index contributed by atoms with van der Waals surface area (Å²) >= 11 is 0. The molecule has 2 N–H and O–H groups in total. The van der Waals surface area contributed by atoms with Crippen molar-refractivity contribution in [1.82, 2.24) is 5.32 Å². The molecule has 0 radical (unpaired) electrons. The van der Waals surface area contributed by atoms with Gasteiger partial charge in [-0.2, -0.15) is 13.7 Å². The standard InChI is InChI=1S/C19H22N2O3S/c1-15-7-8-19(25(22,23)24)18(12-15)6-3-10-21-11-9-16-4-2-5-17(13-16)14-20/h2,4-5,7-8,12-13,21H,3,6,9-11H2,1H3,(H,22,23,24). The highest BCUT2D eigenvalue weighted by atomic mass is 32.2. The van der Waals surface area contributed by atoms with Gasteiger partial charge >= 0.3 is 0 Å². The van der Waals surface area contributed by atoms with E-state index in [-0.39, 0.29) is 4.90 Å². The molecule has 2 rings (SSSR count). The SMILES string of the molecule is Cc1ccc(S(=O)(=O)O)c(CCCNCCc2cccc(C#N)c2)c1. The molecule has 0 saturated carbocycles. The van der Waals surface area contributed by atoms with Crippen molar-refractivity contribution in [3.63, 3.8) is 0 Å². The second kappa shape index (κ2) is 8.77. The lowest BCUT2D eigenvalue weighted by Crippen LogP contribution is -2.19. The van der Waals surface area contributed by atoms with E-state index >= 15 is 0 Å². The smallest absolute Gasteiger partial charge is 0.294 e. The second-order valence-electron chi connectivity index (χ2n) is 6.00. The molecule has 0 aromatic heterocycles. The van der Waals surface area contributed by atoms with Crippen LogP contribution in [0.2, 0.25) is 0 Å². The Kier molecular flexibility index (Phi) is 6.71. The van der Waals surface area contributed by atoms with Crippen molar-refractivity contribution in [2.24, 2.45) is 0 Å². The van der Waals surface area contributed by atoms with Crippen molar-refractivity contribution in [1.29, 1.82) is 5.26 Å². The first-order chi connectivity index (χ1) is 11.9. The lowest BCUT2D eigenvalue weighted by atomic mass is 10.1. The monoisotopic (exact) mass is 358 g/mol. The van der Waals surface area contributed by atoms with E-state index in [0.717, 1.165) is 37.1 Å². The van der Waals surface area contributed by atoms with Gasteiger partial charge in [-0.05, 0) is 68.6 Å². The number of nitrogens with one attached hydrogen (secondary N) is 1. The third-order valence-electron chi connectivity index (χ3n) is 3.94. The summed E-state index contributed by atoms with van der Waals surface area (Å²) in [5.41, 5.74) is 3.38. The largest absolute Gasteiger partial charge is 0.316 e. The van der Waals surface area contributed by atoms with Gasteiger partial charge in [-0.25, -0.2) is 0 Å². The van der Waals surface area contributed by atoms with E-state index in [2.05, 4.69) is 11.4 Å². The highest BCUT2D eigenvalue weighted by Gasteiger charge is 2.14. The zero-order valence-corrected chi connectivity index (χ0v) is 15.0. The molecular formula is C19H22N2O3S. The number of hydrogen-bond acceptors (Lipinski definition) is 4. The summed E-state index contributed by atoms with van der Waals surface area (Å²) in [7, 11) is -4.19. The molecule has 0 fully saturated rings. The fourth-order valence-corrected chi connectivity index (χ4v) is 3.45. The van der Waals surface area contributed by atoms with Gasteiger partial charge in [0.25, 0.3) is 10.1 Å². The number of hydrogen-bond donors (Lipinski definition) is 2. The molecule has 0 spiro atoms. The minimum Gasteiger partial charge on any atom is -0.316 e. The molecule has 0 aliphatic carbocycles. The zero-order valence-electron chi connectivity index (χ0n) is 14.2. The molecule has 2 aromatic rings. The summed E-state index contributed by atoms with van der Waals surface area (Å²) < 4.78 is 32.2. The number of benzene rings is 2. The molecule has 0 heterocycles. The van der Waals surface area contributed by atoms with Gasteiger partial charge in [0.15, 0.2) is 0 Å². The summed E-state index contributed by atoms with van der Waals surface area (Å²) in [5.74, 6) is 0. The minimum absolute atomic E-state index is 0.00795. The van der Waals surface area contributed by atoms with Crippen LogP contribution in [0.1, 0.15) is 28.7 Å². The Labute approximate surface area is 149 Å². The maximum absolute atomic E-state index is 11.4. The fraction of sp³-hybridized carbons (Fsp3) is 0.316. The van der Waals surface area contributed by atoms with E-state index in [9.17, 15) is 13.0 Å². The molecule has 0 aliphatic rings. The van der Waals surface area contributed by atoms with Crippen LogP contribution >= 0.6 is 0 Å². The molecule has 132 valence electrons. The van der Waals surface area contributed by atoms with E-state index in [1.54, 1.807) is 18.2 Å². The normalized spacial score (nSPS) is 11.2. The highest BCUT2D eigenvalue weighted by Crippen LogP contribution is 2.18. The van der Waals surface area contributed by atoms with Gasteiger partial charge in [-0.3, -0.25) is 4.55 Å². The predicted octanol–water partition coefficient (Wildman–Crippen LogP) is 2.88. The van der Waals surface area contributed by atoms with Crippen molar-refractivity contribution in [2.45, 2.75) is 31.1 Å². The van der Waals surface area contributed by atoms with Gasteiger partial charge < -0.3 is 5.32 Å². The van der Waals surface area contributed by atoms with Crippen LogP contribution in [0.4, 0.5) is 0 Å². The molecular weight excluding hydrogens is 336 g/mol. The van der Waals surface area contributed by atoms with Gasteiger partial charge in [0.05, 0.1) is 16.5 Å². The van der Waals surface area contributed by atoms with E-state index in [1.807, 2.05) is 25.1 Å². The minimum atomic E-state index is -4.19. The Morgan fingerprint density at radius 2 is 1.92 bits per heavy atom. The first kappa shape index (κ1) is 19.1. The van der Waals surface area contributed by atoms with E-state index < -0.39 is 10.1 Å². The summed E-state index contributed by atoms with van der Waals surface area (Å²) in [4.78, 5) is -0.00795. The highest BCUT2D eigenvalue weighted by molar-refractivity contribution is 7.85. The maximum Gasteiger partial charge on any atom is 0.294 e. The number of nitrogens with zero attached hydrogens (tertiary/aromatic N) is 1. The molecule has 2 aromatic carbocycles. The van der Waals surface area contributed by atoms with E-state index in [1.165, 1.54) is 6.07 Å². The van der Waals surface area contributed by atoms with Gasteiger partial charge in [0.1, 0.15) is 0 Å². The van der Waals surface area contributed by atoms with Crippen LogP contribution < -0.4 is 5.32 Å². The molecule has 0 bridgehead atoms. The van der Waals surface area contributed by atoms with Crippen LogP contribution in [0.15, 0.2) is 47.4 Å². The van der Waals surface area contributed by atoms with Gasteiger partial charge in [0, 0.05) is 0 Å². The Hall–Kier alpha value is -2.20. The lowest BCUT2D eigenvalue weighted by Gasteiger charge is -2.09. The molecule has 25 heavy (non-hydrogen) atoms. The first-order valence-corrected chi connectivity index (χ1v) is 9.61. The van der Waals surface area contributed by atoms with Crippen LogP contribution in [-0.4, -0.2) is 26.1 Å². The van der Waals surface area contributed by atoms with Crippen LogP contribution in [0, 0.1) is 18.3 Å². The quantitative estimate of drug-likeness (QED) is 0.559.